The number of rotatable bonds is 9. The summed E-state index contributed by atoms with van der Waals surface area (Å²) >= 11 is 0. The smallest absolute Gasteiger partial charge is 0.237 e. The molecule has 2 heterocycles. The number of hydrogen-bond donors (Lipinski definition) is 2. The van der Waals surface area contributed by atoms with Crippen molar-refractivity contribution in [3.63, 3.8) is 0 Å². The predicted octanol–water partition coefficient (Wildman–Crippen LogP) is 6.72. The lowest BCUT2D eigenvalue weighted by atomic mass is 10.0. The number of benzene rings is 2. The van der Waals surface area contributed by atoms with Crippen molar-refractivity contribution in [2.75, 3.05) is 25.0 Å². The molecule has 2 N–H and O–H groups in total. The van der Waals surface area contributed by atoms with Gasteiger partial charge in [-0.15, -0.1) is 9.24 Å². The van der Waals surface area contributed by atoms with Crippen LogP contribution in [0.1, 0.15) is 30.5 Å². The molecule has 0 saturated carbocycles. The molecule has 2 atom stereocenters. The minimum Gasteiger partial charge on any atom is -0.470 e. The van der Waals surface area contributed by atoms with E-state index in [1.807, 2.05) is 92.6 Å². The molecule has 2 aromatic carbocycles. The number of pyridine rings is 1. The maximum absolute atomic E-state index is 8.89. The number of nitrogens with zero attached hydrogens (tertiary/aromatic N) is 3. The van der Waals surface area contributed by atoms with Crippen LogP contribution in [-0.2, 0) is 6.42 Å². The summed E-state index contributed by atoms with van der Waals surface area (Å²) in [6.45, 7) is 9.71. The molecule has 0 radical (unpaired) electrons. The maximum atomic E-state index is 8.89. The molecule has 0 amide bonds. The standard InChI is InChI=1S/C27H28N5OP.C5H8/c1-19(32-23-5-3-2-4-6-23)25(18-34)22-13-26-27(31-15-22)33-24(17-30-26)16-29-12-11-20-7-9-21(14-28)10-8-20;1-3-5-4-2/h2-10,13,15,18,24,29-30H,11-12,16-17,34H2,1H3;3-5H,1H2,2H3/b25-18+,32-19?;5-4-/t24-;/m1./s1. The van der Waals surface area contributed by atoms with E-state index in [4.69, 9.17) is 15.0 Å². The Morgan fingerprint density at radius 1 is 1.26 bits per heavy atom. The lowest BCUT2D eigenvalue weighted by Gasteiger charge is -2.27. The van der Waals surface area contributed by atoms with Crippen LogP contribution >= 0.6 is 9.24 Å². The molecule has 3 aromatic rings. The molecule has 0 fully saturated rings. The average Bonchev–Trinajstić information content (AvgIpc) is 2.97. The molecule has 0 spiro atoms. The molecule has 7 heteroatoms. The van der Waals surface area contributed by atoms with Gasteiger partial charge in [0.2, 0.25) is 5.88 Å². The van der Waals surface area contributed by atoms with Crippen molar-refractivity contribution < 1.29 is 4.74 Å². The Morgan fingerprint density at radius 3 is 2.67 bits per heavy atom. The van der Waals surface area contributed by atoms with E-state index in [2.05, 4.69) is 43.6 Å². The van der Waals surface area contributed by atoms with Gasteiger partial charge in [-0.3, -0.25) is 4.99 Å². The fraction of sp³-hybridized carbons (Fsp3) is 0.219. The van der Waals surface area contributed by atoms with Crippen LogP contribution in [0, 0.1) is 11.3 Å². The van der Waals surface area contributed by atoms with Crippen LogP contribution in [-0.4, -0.2) is 36.4 Å². The van der Waals surface area contributed by atoms with Gasteiger partial charge >= 0.3 is 0 Å². The molecular weight excluding hydrogens is 501 g/mol. The first-order chi connectivity index (χ1) is 19.1. The third-order valence-electron chi connectivity index (χ3n) is 5.94. The number of nitrogens with one attached hydrogen (secondary N) is 2. The molecule has 0 bridgehead atoms. The van der Waals surface area contributed by atoms with Crippen molar-refractivity contribution in [1.29, 1.82) is 5.26 Å². The zero-order chi connectivity index (χ0) is 27.9. The van der Waals surface area contributed by atoms with Crippen LogP contribution < -0.4 is 15.4 Å². The minimum absolute atomic E-state index is 0.00457. The third kappa shape index (κ3) is 9.33. The zero-order valence-corrected chi connectivity index (χ0v) is 23.8. The molecule has 1 unspecified atom stereocenters. The predicted molar refractivity (Wildman–Crippen MR) is 167 cm³/mol. The van der Waals surface area contributed by atoms with E-state index in [0.717, 1.165) is 47.7 Å². The number of hydrogen-bond acceptors (Lipinski definition) is 6. The van der Waals surface area contributed by atoms with E-state index in [1.165, 1.54) is 5.56 Å². The van der Waals surface area contributed by atoms with Crippen LogP contribution in [0.15, 0.2) is 102 Å². The van der Waals surface area contributed by atoms with Gasteiger partial charge < -0.3 is 15.4 Å². The van der Waals surface area contributed by atoms with Crippen LogP contribution in [0.4, 0.5) is 11.4 Å². The van der Waals surface area contributed by atoms with Crippen molar-refractivity contribution in [2.45, 2.75) is 26.4 Å². The van der Waals surface area contributed by atoms with E-state index in [9.17, 15) is 0 Å². The fourth-order valence-electron chi connectivity index (χ4n) is 3.92. The van der Waals surface area contributed by atoms with Crippen LogP contribution in [0.5, 0.6) is 5.88 Å². The largest absolute Gasteiger partial charge is 0.470 e. The number of para-hydroxylation sites is 1. The molecule has 1 aliphatic heterocycles. The highest BCUT2D eigenvalue weighted by atomic mass is 31.0. The number of aromatic nitrogens is 1. The first kappa shape index (κ1) is 29.5. The van der Waals surface area contributed by atoms with Gasteiger partial charge in [0.1, 0.15) is 6.10 Å². The number of nitriles is 1. The first-order valence-electron chi connectivity index (χ1n) is 12.9. The van der Waals surface area contributed by atoms with Crippen LogP contribution in [0.2, 0.25) is 0 Å². The number of allylic oxidation sites excluding steroid dienone is 4. The topological polar surface area (TPSA) is 82.3 Å². The van der Waals surface area contributed by atoms with Gasteiger partial charge in [0, 0.05) is 29.6 Å². The Bertz CT molecular complexity index is 1340. The molecule has 1 aromatic heterocycles. The second kappa shape index (κ2) is 16.0. The van der Waals surface area contributed by atoms with Gasteiger partial charge in [0.15, 0.2) is 0 Å². The van der Waals surface area contributed by atoms with E-state index >= 15 is 0 Å². The fourth-order valence-corrected chi connectivity index (χ4v) is 4.35. The normalized spacial score (nSPS) is 14.8. The first-order valence-corrected chi connectivity index (χ1v) is 13.6. The quantitative estimate of drug-likeness (QED) is 0.137. The lowest BCUT2D eigenvalue weighted by Crippen LogP contribution is -2.40. The number of fused-ring (bicyclic) bond motifs is 1. The van der Waals surface area contributed by atoms with E-state index < -0.39 is 0 Å². The summed E-state index contributed by atoms with van der Waals surface area (Å²) in [6.07, 6.45) is 8.32. The lowest BCUT2D eigenvalue weighted by molar-refractivity contribution is 0.194. The maximum Gasteiger partial charge on any atom is 0.237 e. The van der Waals surface area contributed by atoms with Gasteiger partial charge in [-0.05, 0) is 62.7 Å². The van der Waals surface area contributed by atoms with E-state index in [0.29, 0.717) is 18.0 Å². The molecule has 0 aliphatic carbocycles. The summed E-state index contributed by atoms with van der Waals surface area (Å²) in [5.41, 5.74) is 6.63. The highest BCUT2D eigenvalue weighted by molar-refractivity contribution is 7.21. The Morgan fingerprint density at radius 2 is 2.03 bits per heavy atom. The SMILES string of the molecule is C=C/C=C\C.CC(=Nc1ccccc1)/C(=C\P)c1cnc2c(c1)NC[C@@H](CNCCc1ccc(C#N)cc1)O2. The monoisotopic (exact) mass is 537 g/mol. The Labute approximate surface area is 234 Å². The van der Waals surface area contributed by atoms with E-state index in [-0.39, 0.29) is 6.10 Å². The summed E-state index contributed by atoms with van der Waals surface area (Å²) in [7, 11) is 2.67. The Hall–Kier alpha value is -4.04. The second-order valence-electron chi connectivity index (χ2n) is 8.83. The van der Waals surface area contributed by atoms with Crippen molar-refractivity contribution in [3.05, 3.63) is 114 Å². The van der Waals surface area contributed by atoms with Gasteiger partial charge in [-0.1, -0.05) is 61.0 Å². The van der Waals surface area contributed by atoms with Gasteiger partial charge in [-0.2, -0.15) is 5.26 Å². The molecule has 0 saturated heterocycles. The van der Waals surface area contributed by atoms with Crippen molar-refractivity contribution in [3.8, 4) is 11.9 Å². The molecular formula is C32H36N5OP. The summed E-state index contributed by atoms with van der Waals surface area (Å²) < 4.78 is 6.11. The number of anilines is 1. The molecule has 39 heavy (non-hydrogen) atoms. The van der Waals surface area contributed by atoms with Gasteiger partial charge in [-0.25, -0.2) is 4.98 Å². The average molecular weight is 538 g/mol. The summed E-state index contributed by atoms with van der Waals surface area (Å²) in [5, 5.41) is 15.8. The number of aliphatic imine (C=N–C) groups is 1. The summed E-state index contributed by atoms with van der Waals surface area (Å²) in [6, 6.07) is 21.8. The van der Waals surface area contributed by atoms with Gasteiger partial charge in [0.25, 0.3) is 0 Å². The van der Waals surface area contributed by atoms with Crippen molar-refractivity contribution in [2.24, 2.45) is 4.99 Å². The third-order valence-corrected chi connectivity index (χ3v) is 6.28. The van der Waals surface area contributed by atoms with E-state index in [1.54, 1.807) is 6.08 Å². The second-order valence-corrected chi connectivity index (χ2v) is 9.17. The Balaban J connectivity index is 0.000000771. The zero-order valence-electron chi connectivity index (χ0n) is 22.6. The van der Waals surface area contributed by atoms with Gasteiger partial charge in [0.05, 0.1) is 29.6 Å². The highest BCUT2D eigenvalue weighted by Gasteiger charge is 2.21. The van der Waals surface area contributed by atoms with Crippen LogP contribution in [0.3, 0.4) is 0 Å². The molecule has 4 rings (SSSR count). The number of ether oxygens (including phenoxy) is 1. The van der Waals surface area contributed by atoms with Crippen molar-refractivity contribution in [1.82, 2.24) is 10.3 Å². The summed E-state index contributed by atoms with van der Waals surface area (Å²) in [4.78, 5) is 9.31. The Kier molecular flexibility index (Phi) is 12.1. The van der Waals surface area contributed by atoms with Crippen molar-refractivity contribution >= 4 is 31.9 Å². The molecule has 1 aliphatic rings. The summed E-state index contributed by atoms with van der Waals surface area (Å²) in [5.74, 6) is 2.60. The molecule has 6 nitrogen and oxygen atoms in total. The minimum atomic E-state index is 0.00457. The molecule has 200 valence electrons. The van der Waals surface area contributed by atoms with Crippen LogP contribution in [0.25, 0.3) is 5.57 Å². The highest BCUT2D eigenvalue weighted by Crippen LogP contribution is 2.31.